The molecule has 0 aliphatic rings. The summed E-state index contributed by atoms with van der Waals surface area (Å²) in [6.07, 6.45) is 2.97. The van der Waals surface area contributed by atoms with E-state index < -0.39 is 0 Å². The van der Waals surface area contributed by atoms with E-state index >= 15 is 0 Å². The molecule has 2 amide bonds. The van der Waals surface area contributed by atoms with E-state index in [1.165, 1.54) is 0 Å². The third-order valence-electron chi connectivity index (χ3n) is 3.19. The van der Waals surface area contributed by atoms with Crippen LogP contribution in [0.15, 0.2) is 18.2 Å². The SMILES string of the molecule is CCCC(=O)NCC(=O)Nc1c(CC)cccc1CC. The second-order valence-corrected chi connectivity index (χ2v) is 4.73. The fourth-order valence-corrected chi connectivity index (χ4v) is 2.08. The van der Waals surface area contributed by atoms with E-state index in [0.717, 1.165) is 36.1 Å². The zero-order chi connectivity index (χ0) is 15.0. The first kappa shape index (κ1) is 16.2. The Kier molecular flexibility index (Phi) is 6.77. The van der Waals surface area contributed by atoms with Crippen LogP contribution < -0.4 is 10.6 Å². The quantitative estimate of drug-likeness (QED) is 0.804. The minimum atomic E-state index is -0.176. The molecular formula is C16H24N2O2. The molecule has 0 unspecified atom stereocenters. The highest BCUT2D eigenvalue weighted by Crippen LogP contribution is 2.22. The van der Waals surface area contributed by atoms with Gasteiger partial charge in [-0.25, -0.2) is 0 Å². The van der Waals surface area contributed by atoms with Gasteiger partial charge in [0.2, 0.25) is 11.8 Å². The maximum atomic E-state index is 11.9. The van der Waals surface area contributed by atoms with E-state index in [9.17, 15) is 9.59 Å². The van der Waals surface area contributed by atoms with Gasteiger partial charge in [-0.05, 0) is 30.4 Å². The van der Waals surface area contributed by atoms with E-state index in [1.807, 2.05) is 25.1 Å². The summed E-state index contributed by atoms with van der Waals surface area (Å²) in [5.41, 5.74) is 3.14. The molecule has 2 N–H and O–H groups in total. The van der Waals surface area contributed by atoms with Crippen molar-refractivity contribution >= 4 is 17.5 Å². The smallest absolute Gasteiger partial charge is 0.243 e. The molecule has 0 saturated carbocycles. The summed E-state index contributed by atoms with van der Waals surface area (Å²) in [7, 11) is 0. The van der Waals surface area contributed by atoms with Gasteiger partial charge in [-0.2, -0.15) is 0 Å². The van der Waals surface area contributed by atoms with Crippen molar-refractivity contribution in [3.8, 4) is 0 Å². The zero-order valence-electron chi connectivity index (χ0n) is 12.6. The molecule has 0 aromatic heterocycles. The molecule has 0 atom stereocenters. The number of rotatable bonds is 7. The summed E-state index contributed by atoms with van der Waals surface area (Å²) in [6, 6.07) is 6.05. The highest BCUT2D eigenvalue weighted by atomic mass is 16.2. The van der Waals surface area contributed by atoms with Gasteiger partial charge in [0, 0.05) is 12.1 Å². The first-order chi connectivity index (χ1) is 9.62. The Hall–Kier alpha value is -1.84. The Morgan fingerprint density at radius 1 is 1.00 bits per heavy atom. The van der Waals surface area contributed by atoms with Gasteiger partial charge in [0.25, 0.3) is 0 Å². The molecule has 0 fully saturated rings. The summed E-state index contributed by atoms with van der Waals surface area (Å²) in [4.78, 5) is 23.3. The fourth-order valence-electron chi connectivity index (χ4n) is 2.08. The van der Waals surface area contributed by atoms with Crippen molar-refractivity contribution in [3.63, 3.8) is 0 Å². The largest absolute Gasteiger partial charge is 0.347 e. The lowest BCUT2D eigenvalue weighted by Crippen LogP contribution is -2.33. The van der Waals surface area contributed by atoms with Crippen LogP contribution in [0.3, 0.4) is 0 Å². The highest BCUT2D eigenvalue weighted by molar-refractivity contribution is 5.95. The van der Waals surface area contributed by atoms with Gasteiger partial charge in [0.05, 0.1) is 6.54 Å². The Morgan fingerprint density at radius 2 is 1.60 bits per heavy atom. The normalized spacial score (nSPS) is 10.2. The minimum absolute atomic E-state index is 0.0278. The maximum absolute atomic E-state index is 11.9. The van der Waals surface area contributed by atoms with Gasteiger partial charge in [0.1, 0.15) is 0 Å². The summed E-state index contributed by atoms with van der Waals surface area (Å²) in [5.74, 6) is -0.257. The first-order valence-corrected chi connectivity index (χ1v) is 7.29. The number of hydrogen-bond donors (Lipinski definition) is 2. The Bertz CT molecular complexity index is 447. The number of anilines is 1. The summed E-state index contributed by atoms with van der Waals surface area (Å²) in [6.45, 7) is 6.09. The second-order valence-electron chi connectivity index (χ2n) is 4.73. The van der Waals surface area contributed by atoms with Crippen molar-refractivity contribution in [1.82, 2.24) is 5.32 Å². The molecular weight excluding hydrogens is 252 g/mol. The molecule has 0 aliphatic carbocycles. The van der Waals surface area contributed by atoms with Crippen LogP contribution in [0.1, 0.15) is 44.7 Å². The topological polar surface area (TPSA) is 58.2 Å². The molecule has 0 bridgehead atoms. The van der Waals surface area contributed by atoms with Gasteiger partial charge in [-0.15, -0.1) is 0 Å². The van der Waals surface area contributed by atoms with Crippen molar-refractivity contribution in [2.75, 3.05) is 11.9 Å². The second kappa shape index (κ2) is 8.35. The van der Waals surface area contributed by atoms with Crippen LogP contribution in [0, 0.1) is 0 Å². The van der Waals surface area contributed by atoms with E-state index in [0.29, 0.717) is 6.42 Å². The Balaban J connectivity index is 2.68. The van der Waals surface area contributed by atoms with Gasteiger partial charge >= 0.3 is 0 Å². The first-order valence-electron chi connectivity index (χ1n) is 7.29. The number of benzene rings is 1. The van der Waals surface area contributed by atoms with Crippen LogP contribution >= 0.6 is 0 Å². The monoisotopic (exact) mass is 276 g/mol. The van der Waals surface area contributed by atoms with Crippen molar-refractivity contribution < 1.29 is 9.59 Å². The molecule has 1 aromatic carbocycles. The summed E-state index contributed by atoms with van der Waals surface area (Å²) >= 11 is 0. The summed E-state index contributed by atoms with van der Waals surface area (Å²) < 4.78 is 0. The molecule has 0 spiro atoms. The molecule has 4 heteroatoms. The predicted molar refractivity (Wildman–Crippen MR) is 81.7 cm³/mol. The average molecular weight is 276 g/mol. The maximum Gasteiger partial charge on any atom is 0.243 e. The average Bonchev–Trinajstić information content (AvgIpc) is 2.45. The molecule has 1 rings (SSSR count). The van der Waals surface area contributed by atoms with Crippen LogP contribution in [0.5, 0.6) is 0 Å². The van der Waals surface area contributed by atoms with Crippen molar-refractivity contribution in [2.45, 2.75) is 46.5 Å². The van der Waals surface area contributed by atoms with Crippen molar-refractivity contribution in [2.24, 2.45) is 0 Å². The van der Waals surface area contributed by atoms with Gasteiger partial charge in [-0.1, -0.05) is 39.0 Å². The number of para-hydroxylation sites is 1. The predicted octanol–water partition coefficient (Wildman–Crippen LogP) is 2.67. The highest BCUT2D eigenvalue weighted by Gasteiger charge is 2.10. The zero-order valence-corrected chi connectivity index (χ0v) is 12.6. The molecule has 1 aromatic rings. The Labute approximate surface area is 121 Å². The third-order valence-corrected chi connectivity index (χ3v) is 3.19. The lowest BCUT2D eigenvalue weighted by atomic mass is 10.0. The molecule has 20 heavy (non-hydrogen) atoms. The lowest BCUT2D eigenvalue weighted by Gasteiger charge is -2.14. The number of carbonyl (C=O) groups excluding carboxylic acids is 2. The van der Waals surface area contributed by atoms with E-state index in [2.05, 4.69) is 24.5 Å². The number of nitrogens with one attached hydrogen (secondary N) is 2. The molecule has 0 saturated heterocycles. The van der Waals surface area contributed by atoms with E-state index in [-0.39, 0.29) is 18.4 Å². The van der Waals surface area contributed by atoms with E-state index in [1.54, 1.807) is 0 Å². The molecule has 110 valence electrons. The fraction of sp³-hybridized carbons (Fsp3) is 0.500. The van der Waals surface area contributed by atoms with Crippen LogP contribution in [0.25, 0.3) is 0 Å². The van der Waals surface area contributed by atoms with E-state index in [4.69, 9.17) is 0 Å². The van der Waals surface area contributed by atoms with Crippen LogP contribution in [-0.4, -0.2) is 18.4 Å². The van der Waals surface area contributed by atoms with Crippen LogP contribution in [-0.2, 0) is 22.4 Å². The number of amides is 2. The molecule has 4 nitrogen and oxygen atoms in total. The van der Waals surface area contributed by atoms with Crippen LogP contribution in [0.2, 0.25) is 0 Å². The third kappa shape index (κ3) is 4.68. The standard InChI is InChI=1S/C16H24N2O2/c1-4-8-14(19)17-11-15(20)18-16-12(5-2)9-7-10-13(16)6-3/h7,9-10H,4-6,8,11H2,1-3H3,(H,17,19)(H,18,20). The number of carbonyl (C=O) groups is 2. The van der Waals surface area contributed by atoms with Crippen molar-refractivity contribution in [3.05, 3.63) is 29.3 Å². The molecule has 0 radical (unpaired) electrons. The molecule has 0 aliphatic heterocycles. The minimum Gasteiger partial charge on any atom is -0.347 e. The van der Waals surface area contributed by atoms with Crippen molar-refractivity contribution in [1.29, 1.82) is 0 Å². The van der Waals surface area contributed by atoms with Gasteiger partial charge < -0.3 is 10.6 Å². The summed E-state index contributed by atoms with van der Waals surface area (Å²) in [5, 5.41) is 5.55. The van der Waals surface area contributed by atoms with Gasteiger partial charge in [-0.3, -0.25) is 9.59 Å². The Morgan fingerprint density at radius 3 is 2.10 bits per heavy atom. The number of aryl methyl sites for hydroxylation is 2. The molecule has 0 heterocycles. The van der Waals surface area contributed by atoms with Crippen LogP contribution in [0.4, 0.5) is 5.69 Å². The van der Waals surface area contributed by atoms with Gasteiger partial charge in [0.15, 0.2) is 0 Å². The number of hydrogen-bond acceptors (Lipinski definition) is 2. The lowest BCUT2D eigenvalue weighted by molar-refractivity contribution is -0.124.